The van der Waals surface area contributed by atoms with Crippen LogP contribution in [0.3, 0.4) is 0 Å². The third-order valence-corrected chi connectivity index (χ3v) is 18.4. The molecule has 0 saturated heterocycles. The van der Waals surface area contributed by atoms with E-state index in [0.29, 0.717) is 25.7 Å². The molecule has 0 bridgehead atoms. The van der Waals surface area contributed by atoms with E-state index in [2.05, 4.69) is 34.6 Å². The number of carbonyl (C=O) groups excluding carboxylic acids is 4. The lowest BCUT2D eigenvalue weighted by Gasteiger charge is -2.21. The highest BCUT2D eigenvalue weighted by molar-refractivity contribution is 7.47. The van der Waals surface area contributed by atoms with E-state index in [1.807, 2.05) is 0 Å². The molecular weight excluding hydrogens is 1190 g/mol. The van der Waals surface area contributed by atoms with Crippen LogP contribution < -0.4 is 0 Å². The van der Waals surface area contributed by atoms with E-state index < -0.39 is 97.5 Å². The first-order valence-corrected chi connectivity index (χ1v) is 40.1. The summed E-state index contributed by atoms with van der Waals surface area (Å²) in [4.78, 5) is 72.5. The van der Waals surface area contributed by atoms with Gasteiger partial charge in [-0.2, -0.15) is 0 Å². The Hall–Kier alpha value is -1.94. The van der Waals surface area contributed by atoms with Crippen molar-refractivity contribution >= 4 is 39.5 Å². The molecule has 90 heavy (non-hydrogen) atoms. The molecule has 2 unspecified atom stereocenters. The third-order valence-electron chi connectivity index (χ3n) is 16.5. The Kier molecular flexibility index (Phi) is 63.0. The van der Waals surface area contributed by atoms with Gasteiger partial charge in [-0.3, -0.25) is 37.3 Å². The first-order chi connectivity index (χ1) is 43.5. The van der Waals surface area contributed by atoms with Crippen molar-refractivity contribution in [2.45, 2.75) is 387 Å². The Balaban J connectivity index is 5.20. The zero-order chi connectivity index (χ0) is 66.3. The Morgan fingerprint density at radius 3 is 0.756 bits per heavy atom. The summed E-state index contributed by atoms with van der Waals surface area (Å²) < 4.78 is 68.2. The normalized spacial score (nSPS) is 14.1. The third kappa shape index (κ3) is 64.8. The molecule has 0 rings (SSSR count). The topological polar surface area (TPSA) is 237 Å². The summed E-state index contributed by atoms with van der Waals surface area (Å²) in [5.74, 6) is -1.34. The Morgan fingerprint density at radius 2 is 0.511 bits per heavy atom. The highest BCUT2D eigenvalue weighted by atomic mass is 31.2. The van der Waals surface area contributed by atoms with Gasteiger partial charge in [0.05, 0.1) is 26.4 Å². The van der Waals surface area contributed by atoms with Gasteiger partial charge < -0.3 is 33.8 Å². The molecular formula is C71H138O17P2. The average Bonchev–Trinajstić information content (AvgIpc) is 3.11. The van der Waals surface area contributed by atoms with E-state index in [9.17, 15) is 43.2 Å². The fraction of sp³-hybridized carbons (Fsp3) is 0.944. The lowest BCUT2D eigenvalue weighted by molar-refractivity contribution is -0.161. The van der Waals surface area contributed by atoms with Gasteiger partial charge in [-0.05, 0) is 31.6 Å². The fourth-order valence-corrected chi connectivity index (χ4v) is 12.4. The molecule has 19 heteroatoms. The predicted molar refractivity (Wildman–Crippen MR) is 363 cm³/mol. The van der Waals surface area contributed by atoms with Crippen LogP contribution in [-0.2, 0) is 65.4 Å². The maximum Gasteiger partial charge on any atom is 0.472 e. The number of ether oxygens (including phenoxy) is 4. The van der Waals surface area contributed by atoms with Crippen LogP contribution in [0.4, 0.5) is 0 Å². The van der Waals surface area contributed by atoms with Gasteiger partial charge in [0, 0.05) is 25.7 Å². The SMILES string of the molecule is CCCCCCCCCCCCCCCCC(=O)OC[C@H](COP(=O)(O)OC[C@@H](O)COP(=O)(O)OC[C@@H](COC(=O)CCCCCCCCC)OC(=O)CCCCCCCCCCCCCCC)OC(=O)CCCCCCCCCCCCCCCC(C)C. The quantitative estimate of drug-likeness (QED) is 0.0222. The number of carbonyl (C=O) groups is 4. The molecule has 0 aliphatic rings. The van der Waals surface area contributed by atoms with E-state index >= 15 is 0 Å². The van der Waals surface area contributed by atoms with Gasteiger partial charge in [0.2, 0.25) is 0 Å². The maximum absolute atomic E-state index is 13.0. The van der Waals surface area contributed by atoms with E-state index in [-0.39, 0.29) is 25.7 Å². The number of rotatable bonds is 71. The van der Waals surface area contributed by atoms with Gasteiger partial charge >= 0.3 is 39.5 Å². The smallest absolute Gasteiger partial charge is 0.462 e. The molecule has 17 nitrogen and oxygen atoms in total. The van der Waals surface area contributed by atoms with Crippen molar-refractivity contribution in [1.82, 2.24) is 0 Å². The molecule has 0 fully saturated rings. The van der Waals surface area contributed by atoms with Gasteiger partial charge in [-0.1, -0.05) is 317 Å². The molecule has 0 aliphatic carbocycles. The summed E-state index contributed by atoms with van der Waals surface area (Å²) in [5.41, 5.74) is 0. The first kappa shape index (κ1) is 88.1. The standard InChI is InChI=1S/C71H138O17P2/c1-6-9-12-15-18-20-22-24-28-31-35-40-45-50-55-69(74)82-61-67(88-71(76)57-52-47-42-37-33-29-25-27-30-34-39-43-48-53-64(4)5)63-86-90(79,80)84-59-65(72)58-83-89(77,78)85-62-66(60-81-68(73)54-49-44-38-17-14-11-8-3)87-70(75)56-51-46-41-36-32-26-23-21-19-16-13-10-7-2/h64-67,72H,6-63H2,1-5H3,(H,77,78)(H,79,80)/t65-,66+,67+/m0/s1. The van der Waals surface area contributed by atoms with Crippen molar-refractivity contribution in [3.63, 3.8) is 0 Å². The van der Waals surface area contributed by atoms with E-state index in [0.717, 1.165) is 109 Å². The lowest BCUT2D eigenvalue weighted by Crippen LogP contribution is -2.30. The summed E-state index contributed by atoms with van der Waals surface area (Å²) in [6, 6.07) is 0. The zero-order valence-electron chi connectivity index (χ0n) is 58.3. The van der Waals surface area contributed by atoms with E-state index in [1.54, 1.807) is 0 Å². The van der Waals surface area contributed by atoms with Crippen molar-refractivity contribution in [3.8, 4) is 0 Å². The number of hydrogen-bond acceptors (Lipinski definition) is 15. The summed E-state index contributed by atoms with van der Waals surface area (Å²) in [6.45, 7) is 7.24. The van der Waals surface area contributed by atoms with Crippen molar-refractivity contribution in [3.05, 3.63) is 0 Å². The number of phosphoric acid groups is 2. The molecule has 0 aromatic rings. The minimum Gasteiger partial charge on any atom is -0.462 e. The number of hydrogen-bond donors (Lipinski definition) is 3. The second kappa shape index (κ2) is 64.4. The minimum absolute atomic E-state index is 0.107. The summed E-state index contributed by atoms with van der Waals surface area (Å²) in [7, 11) is -9.90. The van der Waals surface area contributed by atoms with Crippen LogP contribution in [-0.4, -0.2) is 96.7 Å². The van der Waals surface area contributed by atoms with Crippen LogP contribution >= 0.6 is 15.6 Å². The average molecular weight is 1330 g/mol. The molecule has 534 valence electrons. The minimum atomic E-state index is -4.95. The molecule has 0 aliphatic heterocycles. The second-order valence-corrected chi connectivity index (χ2v) is 29.0. The molecule has 3 N–H and O–H groups in total. The maximum atomic E-state index is 13.0. The number of phosphoric ester groups is 2. The highest BCUT2D eigenvalue weighted by Crippen LogP contribution is 2.45. The van der Waals surface area contributed by atoms with Crippen LogP contribution in [0.15, 0.2) is 0 Å². The molecule has 0 amide bonds. The lowest BCUT2D eigenvalue weighted by atomic mass is 10.0. The number of esters is 4. The number of unbranched alkanes of at least 4 members (excludes halogenated alkanes) is 43. The largest absolute Gasteiger partial charge is 0.472 e. The molecule has 0 heterocycles. The van der Waals surface area contributed by atoms with Crippen molar-refractivity contribution in [2.24, 2.45) is 5.92 Å². The van der Waals surface area contributed by atoms with Crippen molar-refractivity contribution in [2.75, 3.05) is 39.6 Å². The zero-order valence-corrected chi connectivity index (χ0v) is 60.1. The van der Waals surface area contributed by atoms with Crippen LogP contribution in [0.1, 0.15) is 369 Å². The van der Waals surface area contributed by atoms with Gasteiger partial charge in [-0.15, -0.1) is 0 Å². The predicted octanol–water partition coefficient (Wildman–Crippen LogP) is 20.5. The van der Waals surface area contributed by atoms with Crippen molar-refractivity contribution < 1.29 is 80.2 Å². The Morgan fingerprint density at radius 1 is 0.300 bits per heavy atom. The first-order valence-electron chi connectivity index (χ1n) is 37.1. The van der Waals surface area contributed by atoms with Gasteiger partial charge in [0.1, 0.15) is 19.3 Å². The van der Waals surface area contributed by atoms with Crippen LogP contribution in [0.5, 0.6) is 0 Å². The Labute approximate surface area is 549 Å². The Bertz CT molecular complexity index is 1740. The monoisotopic (exact) mass is 1320 g/mol. The molecule has 0 aromatic heterocycles. The molecule has 0 aromatic carbocycles. The van der Waals surface area contributed by atoms with Crippen LogP contribution in [0.25, 0.3) is 0 Å². The number of aliphatic hydroxyl groups excluding tert-OH is 1. The van der Waals surface area contributed by atoms with Crippen LogP contribution in [0.2, 0.25) is 0 Å². The number of aliphatic hydroxyl groups is 1. The van der Waals surface area contributed by atoms with E-state index in [1.165, 1.54) is 180 Å². The van der Waals surface area contributed by atoms with Gasteiger partial charge in [0.15, 0.2) is 12.2 Å². The highest BCUT2D eigenvalue weighted by Gasteiger charge is 2.30. The van der Waals surface area contributed by atoms with Gasteiger partial charge in [-0.25, -0.2) is 9.13 Å². The summed E-state index contributed by atoms with van der Waals surface area (Å²) in [6.07, 6.45) is 51.3. The summed E-state index contributed by atoms with van der Waals surface area (Å²) in [5, 5.41) is 10.6. The van der Waals surface area contributed by atoms with Crippen molar-refractivity contribution in [1.29, 1.82) is 0 Å². The fourth-order valence-electron chi connectivity index (χ4n) is 10.8. The van der Waals surface area contributed by atoms with Gasteiger partial charge in [0.25, 0.3) is 0 Å². The second-order valence-electron chi connectivity index (χ2n) is 26.1. The van der Waals surface area contributed by atoms with Crippen LogP contribution in [0, 0.1) is 5.92 Å². The molecule has 0 saturated carbocycles. The molecule has 0 spiro atoms. The molecule has 5 atom stereocenters. The molecule has 0 radical (unpaired) electrons. The summed E-state index contributed by atoms with van der Waals surface area (Å²) >= 11 is 0. The van der Waals surface area contributed by atoms with E-state index in [4.69, 9.17) is 37.0 Å².